The molecule has 1 aromatic heterocycles. The van der Waals surface area contributed by atoms with E-state index in [9.17, 15) is 4.79 Å². The fourth-order valence-corrected chi connectivity index (χ4v) is 2.86. The molecule has 0 fully saturated rings. The monoisotopic (exact) mass is 333 g/mol. The molecule has 1 amide bonds. The molecule has 2 aromatic rings. The smallest absolute Gasteiger partial charge is 0.267 e. The van der Waals surface area contributed by atoms with Crippen LogP contribution in [0, 0.1) is 0 Å². The predicted molar refractivity (Wildman–Crippen MR) is 93.2 cm³/mol. The van der Waals surface area contributed by atoms with Crippen molar-refractivity contribution in [2.45, 2.75) is 52.6 Å². The van der Waals surface area contributed by atoms with Crippen LogP contribution >= 0.6 is 11.3 Å². The Labute approximate surface area is 141 Å². The number of hydrogen-bond acceptors (Lipinski definition) is 5. The first-order valence-corrected chi connectivity index (χ1v) is 8.75. The van der Waals surface area contributed by atoms with Crippen molar-refractivity contribution in [2.75, 3.05) is 5.32 Å². The summed E-state index contributed by atoms with van der Waals surface area (Å²) in [4.78, 5) is 12.4. The highest BCUT2D eigenvalue weighted by Crippen LogP contribution is 2.27. The summed E-state index contributed by atoms with van der Waals surface area (Å²) in [5.74, 6) is 0.905. The second-order valence-corrected chi connectivity index (χ2v) is 6.61. The first-order chi connectivity index (χ1) is 11.0. The lowest BCUT2D eigenvalue weighted by atomic mass is 10.0. The fourth-order valence-electron chi connectivity index (χ4n) is 2.17. The standard InChI is InChI=1S/C17H23N3O2S/c1-5-13(16(21)18-17-20-19-15(6-2)23-17)22-14-10-8-7-9-12(14)11(3)4/h7-11,13H,5-6H2,1-4H3,(H,18,20,21)/t13-/m0/s1. The van der Waals surface area contributed by atoms with Crippen LogP contribution in [-0.2, 0) is 11.2 Å². The third-order valence-electron chi connectivity index (χ3n) is 3.47. The molecule has 0 spiro atoms. The van der Waals surface area contributed by atoms with Gasteiger partial charge in [-0.25, -0.2) is 0 Å². The number of nitrogens with zero attached hydrogens (tertiary/aromatic N) is 2. The van der Waals surface area contributed by atoms with Crippen LogP contribution in [0.25, 0.3) is 0 Å². The first kappa shape index (κ1) is 17.4. The number of aromatic nitrogens is 2. The van der Waals surface area contributed by atoms with Crippen LogP contribution in [0.5, 0.6) is 5.75 Å². The van der Waals surface area contributed by atoms with Gasteiger partial charge in [0.2, 0.25) is 5.13 Å². The van der Waals surface area contributed by atoms with Crippen LogP contribution in [-0.4, -0.2) is 22.2 Å². The van der Waals surface area contributed by atoms with Crippen molar-refractivity contribution < 1.29 is 9.53 Å². The van der Waals surface area contributed by atoms with E-state index in [0.29, 0.717) is 17.5 Å². The van der Waals surface area contributed by atoms with Crippen LogP contribution in [0.3, 0.4) is 0 Å². The topological polar surface area (TPSA) is 64.1 Å². The van der Waals surface area contributed by atoms with Gasteiger partial charge in [0.1, 0.15) is 10.8 Å². The zero-order valence-corrected chi connectivity index (χ0v) is 14.8. The normalized spacial score (nSPS) is 12.2. The molecule has 0 aliphatic heterocycles. The van der Waals surface area contributed by atoms with Gasteiger partial charge in [0.25, 0.3) is 5.91 Å². The number of hydrogen-bond donors (Lipinski definition) is 1. The van der Waals surface area contributed by atoms with Gasteiger partial charge in [-0.3, -0.25) is 10.1 Å². The molecule has 23 heavy (non-hydrogen) atoms. The Kier molecular flexibility index (Phi) is 6.10. The SMILES string of the molecule is CCc1nnc(NC(=O)[C@H](CC)Oc2ccccc2C(C)C)s1. The number of amides is 1. The maximum absolute atomic E-state index is 12.4. The maximum Gasteiger partial charge on any atom is 0.267 e. The van der Waals surface area contributed by atoms with E-state index in [1.165, 1.54) is 11.3 Å². The van der Waals surface area contributed by atoms with Crippen LogP contribution in [0.15, 0.2) is 24.3 Å². The Morgan fingerprint density at radius 3 is 2.61 bits per heavy atom. The number of ether oxygens (including phenoxy) is 1. The van der Waals surface area contributed by atoms with E-state index in [4.69, 9.17) is 4.74 Å². The van der Waals surface area contributed by atoms with Gasteiger partial charge in [-0.05, 0) is 30.4 Å². The average molecular weight is 333 g/mol. The lowest BCUT2D eigenvalue weighted by molar-refractivity contribution is -0.122. The minimum Gasteiger partial charge on any atom is -0.480 e. The summed E-state index contributed by atoms with van der Waals surface area (Å²) in [6.07, 6.45) is 0.838. The van der Waals surface area contributed by atoms with Gasteiger partial charge in [0.05, 0.1) is 0 Å². The Morgan fingerprint density at radius 2 is 2.00 bits per heavy atom. The second-order valence-electron chi connectivity index (χ2n) is 5.55. The molecule has 0 radical (unpaired) electrons. The van der Waals surface area contributed by atoms with Crippen molar-refractivity contribution in [3.05, 3.63) is 34.8 Å². The summed E-state index contributed by atoms with van der Waals surface area (Å²) in [7, 11) is 0. The van der Waals surface area contributed by atoms with Crippen LogP contribution in [0.4, 0.5) is 5.13 Å². The number of rotatable bonds is 7. The molecule has 1 N–H and O–H groups in total. The number of aryl methyl sites for hydroxylation is 1. The molecule has 0 aliphatic rings. The Balaban J connectivity index is 2.09. The quantitative estimate of drug-likeness (QED) is 0.831. The van der Waals surface area contributed by atoms with E-state index in [1.54, 1.807) is 0 Å². The molecule has 124 valence electrons. The van der Waals surface area contributed by atoms with Gasteiger partial charge in [0, 0.05) is 0 Å². The number of para-hydroxylation sites is 1. The van der Waals surface area contributed by atoms with E-state index in [1.807, 2.05) is 38.1 Å². The molecule has 0 saturated carbocycles. The molecule has 1 atom stereocenters. The summed E-state index contributed by atoms with van der Waals surface area (Å²) in [6.45, 7) is 8.15. The third-order valence-corrected chi connectivity index (χ3v) is 4.46. The Morgan fingerprint density at radius 1 is 1.26 bits per heavy atom. The summed E-state index contributed by atoms with van der Waals surface area (Å²) >= 11 is 1.39. The van der Waals surface area contributed by atoms with E-state index >= 15 is 0 Å². The van der Waals surface area contributed by atoms with Gasteiger partial charge < -0.3 is 4.74 Å². The van der Waals surface area contributed by atoms with Gasteiger partial charge >= 0.3 is 0 Å². The third kappa shape index (κ3) is 4.51. The molecule has 0 unspecified atom stereocenters. The van der Waals surface area contributed by atoms with Crippen LogP contribution < -0.4 is 10.1 Å². The van der Waals surface area contributed by atoms with Crippen molar-refractivity contribution in [3.8, 4) is 5.75 Å². The summed E-state index contributed by atoms with van der Waals surface area (Å²) in [5.41, 5.74) is 1.10. The van der Waals surface area contributed by atoms with E-state index in [0.717, 1.165) is 22.7 Å². The molecule has 0 aliphatic carbocycles. The van der Waals surface area contributed by atoms with Crippen molar-refractivity contribution in [1.82, 2.24) is 10.2 Å². The van der Waals surface area contributed by atoms with E-state index in [2.05, 4.69) is 29.4 Å². The van der Waals surface area contributed by atoms with Crippen molar-refractivity contribution in [1.29, 1.82) is 0 Å². The minimum absolute atomic E-state index is 0.190. The van der Waals surface area contributed by atoms with Crippen LogP contribution in [0.2, 0.25) is 0 Å². The number of carbonyl (C=O) groups excluding carboxylic acids is 1. The molecule has 1 heterocycles. The van der Waals surface area contributed by atoms with Crippen molar-refractivity contribution >= 4 is 22.4 Å². The zero-order valence-electron chi connectivity index (χ0n) is 14.0. The van der Waals surface area contributed by atoms with Gasteiger partial charge in [-0.1, -0.05) is 57.2 Å². The fraction of sp³-hybridized carbons (Fsp3) is 0.471. The predicted octanol–water partition coefficient (Wildman–Crippen LogP) is 4.02. The molecule has 2 rings (SSSR count). The summed E-state index contributed by atoms with van der Waals surface area (Å²) in [6, 6.07) is 7.84. The zero-order chi connectivity index (χ0) is 16.8. The number of anilines is 1. The molecule has 0 bridgehead atoms. The van der Waals surface area contributed by atoms with Gasteiger partial charge in [-0.15, -0.1) is 10.2 Å². The molecule has 6 heteroatoms. The van der Waals surface area contributed by atoms with E-state index in [-0.39, 0.29) is 5.91 Å². The minimum atomic E-state index is -0.552. The number of benzene rings is 1. The van der Waals surface area contributed by atoms with Crippen molar-refractivity contribution in [2.24, 2.45) is 0 Å². The molecule has 5 nitrogen and oxygen atoms in total. The molecular weight excluding hydrogens is 310 g/mol. The number of nitrogens with one attached hydrogen (secondary N) is 1. The van der Waals surface area contributed by atoms with Gasteiger partial charge in [0.15, 0.2) is 6.10 Å². The summed E-state index contributed by atoms with van der Waals surface area (Å²) in [5, 5.41) is 12.2. The lowest BCUT2D eigenvalue weighted by Gasteiger charge is -2.20. The average Bonchev–Trinajstić information content (AvgIpc) is 3.00. The summed E-state index contributed by atoms with van der Waals surface area (Å²) < 4.78 is 5.97. The highest BCUT2D eigenvalue weighted by Gasteiger charge is 2.21. The molecule has 1 aromatic carbocycles. The number of carbonyl (C=O) groups is 1. The highest BCUT2D eigenvalue weighted by atomic mass is 32.1. The molecule has 0 saturated heterocycles. The van der Waals surface area contributed by atoms with Gasteiger partial charge in [-0.2, -0.15) is 0 Å². The lowest BCUT2D eigenvalue weighted by Crippen LogP contribution is -2.32. The van der Waals surface area contributed by atoms with Crippen LogP contribution in [0.1, 0.15) is 50.6 Å². The largest absolute Gasteiger partial charge is 0.480 e. The Bertz CT molecular complexity index is 655. The van der Waals surface area contributed by atoms with Crippen molar-refractivity contribution in [3.63, 3.8) is 0 Å². The maximum atomic E-state index is 12.4. The first-order valence-electron chi connectivity index (χ1n) is 7.93. The highest BCUT2D eigenvalue weighted by molar-refractivity contribution is 7.15. The molecular formula is C17H23N3O2S. The van der Waals surface area contributed by atoms with E-state index < -0.39 is 6.10 Å². The second kappa shape index (κ2) is 8.06. The Hall–Kier alpha value is -1.95.